The van der Waals surface area contributed by atoms with Crippen molar-refractivity contribution in [3.63, 3.8) is 0 Å². The normalized spacial score (nSPS) is 10.2. The van der Waals surface area contributed by atoms with Gasteiger partial charge in [0.05, 0.1) is 4.88 Å². The Labute approximate surface area is 108 Å². The van der Waals surface area contributed by atoms with Crippen LogP contribution in [-0.2, 0) is 6.54 Å². The molecule has 0 saturated heterocycles. The summed E-state index contributed by atoms with van der Waals surface area (Å²) in [6.45, 7) is 1.03. The third kappa shape index (κ3) is 3.27. The van der Waals surface area contributed by atoms with Crippen LogP contribution in [0.4, 0.5) is 0 Å². The van der Waals surface area contributed by atoms with Crippen LogP contribution >= 0.6 is 11.3 Å². The maximum atomic E-state index is 11.6. The maximum Gasteiger partial charge on any atom is 0.266 e. The van der Waals surface area contributed by atoms with Gasteiger partial charge in [-0.05, 0) is 23.9 Å². The Bertz CT molecular complexity index is 563. The Morgan fingerprint density at radius 3 is 3.00 bits per heavy atom. The zero-order chi connectivity index (χ0) is 12.8. The van der Waals surface area contributed by atoms with Gasteiger partial charge < -0.3 is 5.32 Å². The molecule has 0 aromatic carbocycles. The minimum atomic E-state index is -0.123. The topological polar surface area (TPSA) is 64.0 Å². The summed E-state index contributed by atoms with van der Waals surface area (Å²) in [4.78, 5) is 23.6. The standard InChI is InChI=1S/C12H13N3O2S/c16-11-5-1-7-14-15(11)8-3-6-13-12(17)10-4-2-9-18-10/h1-2,4-5,7,9H,3,6,8H2,(H,13,17). The summed E-state index contributed by atoms with van der Waals surface area (Å²) in [6.07, 6.45) is 2.25. The highest BCUT2D eigenvalue weighted by Gasteiger charge is 2.04. The van der Waals surface area contributed by atoms with E-state index in [1.807, 2.05) is 11.4 Å². The third-order valence-electron chi connectivity index (χ3n) is 2.36. The van der Waals surface area contributed by atoms with Crippen LogP contribution in [-0.4, -0.2) is 22.2 Å². The summed E-state index contributed by atoms with van der Waals surface area (Å²) in [5.74, 6) is -0.0710. The fourth-order valence-corrected chi connectivity index (χ4v) is 2.12. The van der Waals surface area contributed by atoms with Crippen LogP contribution in [0.15, 0.2) is 40.6 Å². The van der Waals surface area contributed by atoms with Crippen LogP contribution in [0.3, 0.4) is 0 Å². The van der Waals surface area contributed by atoms with E-state index in [1.165, 1.54) is 22.1 Å². The number of amides is 1. The van der Waals surface area contributed by atoms with E-state index in [2.05, 4.69) is 10.4 Å². The molecule has 6 heteroatoms. The second-order valence-corrected chi connectivity index (χ2v) is 4.62. The van der Waals surface area contributed by atoms with Gasteiger partial charge in [-0.2, -0.15) is 5.10 Å². The Hall–Kier alpha value is -1.95. The first kappa shape index (κ1) is 12.5. The van der Waals surface area contributed by atoms with Gasteiger partial charge >= 0.3 is 0 Å². The Balaban J connectivity index is 1.75. The molecule has 0 bridgehead atoms. The molecule has 0 saturated carbocycles. The number of rotatable bonds is 5. The molecule has 0 spiro atoms. The van der Waals surface area contributed by atoms with Crippen molar-refractivity contribution in [2.24, 2.45) is 0 Å². The minimum Gasteiger partial charge on any atom is -0.351 e. The van der Waals surface area contributed by atoms with Crippen LogP contribution in [0.2, 0.25) is 0 Å². The maximum absolute atomic E-state index is 11.6. The largest absolute Gasteiger partial charge is 0.351 e. The first-order valence-corrected chi connectivity index (χ1v) is 6.49. The average Bonchev–Trinajstić information content (AvgIpc) is 2.90. The van der Waals surface area contributed by atoms with Crippen molar-refractivity contribution in [2.75, 3.05) is 6.54 Å². The monoisotopic (exact) mass is 263 g/mol. The summed E-state index contributed by atoms with van der Waals surface area (Å²) >= 11 is 1.41. The number of nitrogens with zero attached hydrogens (tertiary/aromatic N) is 2. The zero-order valence-corrected chi connectivity index (χ0v) is 10.5. The number of nitrogens with one attached hydrogen (secondary N) is 1. The van der Waals surface area contributed by atoms with E-state index in [9.17, 15) is 9.59 Å². The molecular formula is C12H13N3O2S. The third-order valence-corrected chi connectivity index (χ3v) is 3.23. The first-order valence-electron chi connectivity index (χ1n) is 5.61. The number of hydrogen-bond donors (Lipinski definition) is 1. The highest BCUT2D eigenvalue weighted by atomic mass is 32.1. The number of hydrogen-bond acceptors (Lipinski definition) is 4. The van der Waals surface area contributed by atoms with Crippen LogP contribution in [0.25, 0.3) is 0 Å². The van der Waals surface area contributed by atoms with Gasteiger partial charge in [-0.1, -0.05) is 6.07 Å². The molecule has 2 aromatic rings. The molecule has 0 aliphatic heterocycles. The Morgan fingerprint density at radius 2 is 2.28 bits per heavy atom. The van der Waals surface area contributed by atoms with E-state index in [0.717, 1.165) is 0 Å². The van der Waals surface area contributed by atoms with Crippen LogP contribution < -0.4 is 10.9 Å². The quantitative estimate of drug-likeness (QED) is 0.822. The van der Waals surface area contributed by atoms with E-state index in [-0.39, 0.29) is 11.5 Å². The van der Waals surface area contributed by atoms with Crippen molar-refractivity contribution in [2.45, 2.75) is 13.0 Å². The lowest BCUT2D eigenvalue weighted by atomic mass is 10.4. The Kier molecular flexibility index (Phi) is 4.25. The summed E-state index contributed by atoms with van der Waals surface area (Å²) in [6, 6.07) is 6.70. The van der Waals surface area contributed by atoms with Gasteiger partial charge in [-0.25, -0.2) is 4.68 Å². The molecule has 2 heterocycles. The number of carbonyl (C=O) groups excluding carboxylic acids is 1. The predicted octanol–water partition coefficient (Wildman–Crippen LogP) is 1.12. The molecule has 0 fully saturated rings. The predicted molar refractivity (Wildman–Crippen MR) is 69.8 cm³/mol. The molecule has 94 valence electrons. The van der Waals surface area contributed by atoms with Crippen molar-refractivity contribution in [3.8, 4) is 0 Å². The molecule has 0 aliphatic carbocycles. The summed E-state index contributed by atoms with van der Waals surface area (Å²) in [5, 5.41) is 8.60. The average molecular weight is 263 g/mol. The van der Waals surface area contributed by atoms with Gasteiger partial charge in [0.2, 0.25) is 0 Å². The van der Waals surface area contributed by atoms with Gasteiger partial charge in [0.15, 0.2) is 0 Å². The zero-order valence-electron chi connectivity index (χ0n) is 9.70. The van der Waals surface area contributed by atoms with E-state index in [1.54, 1.807) is 18.3 Å². The fourth-order valence-electron chi connectivity index (χ4n) is 1.48. The fraction of sp³-hybridized carbons (Fsp3) is 0.250. The molecule has 0 aliphatic rings. The molecule has 0 unspecified atom stereocenters. The molecule has 18 heavy (non-hydrogen) atoms. The van der Waals surface area contributed by atoms with Gasteiger partial charge in [0.1, 0.15) is 0 Å². The highest BCUT2D eigenvalue weighted by Crippen LogP contribution is 2.07. The molecular weight excluding hydrogens is 250 g/mol. The lowest BCUT2D eigenvalue weighted by Gasteiger charge is -2.04. The van der Waals surface area contributed by atoms with Gasteiger partial charge in [0, 0.05) is 25.4 Å². The van der Waals surface area contributed by atoms with E-state index >= 15 is 0 Å². The molecule has 0 radical (unpaired) electrons. The summed E-state index contributed by atoms with van der Waals surface area (Å²) in [5.41, 5.74) is -0.123. The molecule has 0 atom stereocenters. The van der Waals surface area contributed by atoms with Gasteiger partial charge in [-0.3, -0.25) is 9.59 Å². The number of aryl methyl sites for hydroxylation is 1. The van der Waals surface area contributed by atoms with E-state index in [4.69, 9.17) is 0 Å². The minimum absolute atomic E-state index is 0.0710. The molecule has 2 rings (SSSR count). The van der Waals surface area contributed by atoms with Crippen molar-refractivity contribution in [3.05, 3.63) is 51.1 Å². The van der Waals surface area contributed by atoms with Crippen molar-refractivity contribution in [1.29, 1.82) is 0 Å². The first-order chi connectivity index (χ1) is 8.77. The van der Waals surface area contributed by atoms with Crippen LogP contribution in [0.5, 0.6) is 0 Å². The van der Waals surface area contributed by atoms with E-state index in [0.29, 0.717) is 24.4 Å². The molecule has 5 nitrogen and oxygen atoms in total. The number of thiophene rings is 1. The van der Waals surface area contributed by atoms with Crippen LogP contribution in [0.1, 0.15) is 16.1 Å². The summed E-state index contributed by atoms with van der Waals surface area (Å²) in [7, 11) is 0. The number of carbonyl (C=O) groups is 1. The second kappa shape index (κ2) is 6.11. The van der Waals surface area contributed by atoms with Gasteiger partial charge in [0.25, 0.3) is 11.5 Å². The second-order valence-electron chi connectivity index (χ2n) is 3.67. The number of aromatic nitrogens is 2. The van der Waals surface area contributed by atoms with Crippen molar-refractivity contribution in [1.82, 2.24) is 15.1 Å². The molecule has 1 N–H and O–H groups in total. The molecule has 2 aromatic heterocycles. The Morgan fingerprint density at radius 1 is 1.39 bits per heavy atom. The van der Waals surface area contributed by atoms with Gasteiger partial charge in [-0.15, -0.1) is 11.3 Å². The van der Waals surface area contributed by atoms with Crippen LogP contribution in [0, 0.1) is 0 Å². The lowest BCUT2D eigenvalue weighted by Crippen LogP contribution is -2.27. The SMILES string of the molecule is O=C(NCCCn1ncccc1=O)c1cccs1. The smallest absolute Gasteiger partial charge is 0.266 e. The summed E-state index contributed by atoms with van der Waals surface area (Å²) < 4.78 is 1.39. The molecule has 1 amide bonds. The van der Waals surface area contributed by atoms with Crippen molar-refractivity contribution >= 4 is 17.2 Å². The highest BCUT2D eigenvalue weighted by molar-refractivity contribution is 7.12. The van der Waals surface area contributed by atoms with Crippen molar-refractivity contribution < 1.29 is 4.79 Å². The lowest BCUT2D eigenvalue weighted by molar-refractivity contribution is 0.0956. The van der Waals surface area contributed by atoms with E-state index < -0.39 is 0 Å².